The number of ether oxygens (including phenoxy) is 3. The first-order chi connectivity index (χ1) is 17.5. The Morgan fingerprint density at radius 3 is 2.57 bits per heavy atom. The molecule has 0 radical (unpaired) electrons. The summed E-state index contributed by atoms with van der Waals surface area (Å²) in [6, 6.07) is 8.69. The number of methoxy groups -OCH3 is 2. The number of rotatable bonds is 6. The van der Waals surface area contributed by atoms with Gasteiger partial charge in [0.2, 0.25) is 0 Å². The molecular formula is C26H23BrI2N2O5S. The average molecular weight is 809 g/mol. The van der Waals surface area contributed by atoms with Crippen molar-refractivity contribution in [3.63, 3.8) is 0 Å². The van der Waals surface area contributed by atoms with Crippen LogP contribution in [0.25, 0.3) is 6.08 Å². The second-order valence-electron chi connectivity index (χ2n) is 8.43. The summed E-state index contributed by atoms with van der Waals surface area (Å²) in [5.41, 5.74) is 1.96. The number of benzene rings is 2. The van der Waals surface area contributed by atoms with Crippen molar-refractivity contribution in [2.24, 2.45) is 4.99 Å². The molecule has 1 aliphatic rings. The van der Waals surface area contributed by atoms with E-state index >= 15 is 0 Å². The largest absolute Gasteiger partial charge is 0.496 e. The summed E-state index contributed by atoms with van der Waals surface area (Å²) in [5, 5.41) is 0. The van der Waals surface area contributed by atoms with Crippen molar-refractivity contribution in [3.05, 3.63) is 84.0 Å². The molecule has 7 nitrogen and oxygen atoms in total. The van der Waals surface area contributed by atoms with E-state index in [0.29, 0.717) is 37.7 Å². The van der Waals surface area contributed by atoms with Crippen LogP contribution in [-0.2, 0) is 9.53 Å². The molecule has 0 aliphatic carbocycles. The van der Waals surface area contributed by atoms with Gasteiger partial charge in [-0.3, -0.25) is 9.36 Å². The maximum Gasteiger partial charge on any atom is 0.338 e. The molecule has 11 heteroatoms. The molecule has 1 aliphatic heterocycles. The summed E-state index contributed by atoms with van der Waals surface area (Å²) < 4.78 is 21.6. The van der Waals surface area contributed by atoms with E-state index in [-0.39, 0.29) is 11.7 Å². The third-order valence-corrected chi connectivity index (χ3v) is 8.50. The minimum Gasteiger partial charge on any atom is -0.496 e. The van der Waals surface area contributed by atoms with Crippen molar-refractivity contribution < 1.29 is 19.0 Å². The Labute approximate surface area is 253 Å². The fourth-order valence-electron chi connectivity index (χ4n) is 4.12. The fraction of sp³-hybridized carbons (Fsp3) is 0.269. The molecule has 0 saturated heterocycles. The highest BCUT2D eigenvalue weighted by Crippen LogP contribution is 2.37. The standard InChI is InChI=1S/C26H23BrI2N2O5S/c1-12(2)36-25(33)21-13(3)30-26-31(22(21)17-10-15(27)6-7-19(17)34-4)24(32)20(37-26)9-14-8-16(28)11-18(29)23(14)35-5/h6-12,22H,1-5H3/b20-9-/t22-/m1/s1. The van der Waals surface area contributed by atoms with Crippen LogP contribution >= 0.6 is 72.4 Å². The Hall–Kier alpha value is -1.71. The summed E-state index contributed by atoms with van der Waals surface area (Å²) >= 11 is 9.25. The minimum atomic E-state index is -0.782. The number of aromatic nitrogens is 1. The second-order valence-corrected chi connectivity index (χ2v) is 12.8. The highest BCUT2D eigenvalue weighted by Gasteiger charge is 2.35. The van der Waals surface area contributed by atoms with Crippen molar-refractivity contribution in [1.82, 2.24) is 4.57 Å². The van der Waals surface area contributed by atoms with Crippen LogP contribution in [0, 0.1) is 7.14 Å². The first-order valence-corrected chi connectivity index (χ1v) is 14.9. The lowest BCUT2D eigenvalue weighted by molar-refractivity contribution is -0.143. The molecule has 2 aromatic carbocycles. The number of carbonyl (C=O) groups is 1. The topological polar surface area (TPSA) is 79.1 Å². The highest BCUT2D eigenvalue weighted by atomic mass is 127. The average Bonchev–Trinajstić information content (AvgIpc) is 3.11. The van der Waals surface area contributed by atoms with Crippen LogP contribution in [0.3, 0.4) is 0 Å². The van der Waals surface area contributed by atoms with Crippen molar-refractivity contribution in [3.8, 4) is 11.5 Å². The zero-order chi connectivity index (χ0) is 27.0. The van der Waals surface area contributed by atoms with E-state index in [1.807, 2.05) is 30.3 Å². The first-order valence-electron chi connectivity index (χ1n) is 11.2. The highest BCUT2D eigenvalue weighted by molar-refractivity contribution is 14.1. The Morgan fingerprint density at radius 2 is 1.92 bits per heavy atom. The van der Waals surface area contributed by atoms with Crippen molar-refractivity contribution in [2.45, 2.75) is 32.9 Å². The van der Waals surface area contributed by atoms with Gasteiger partial charge < -0.3 is 14.2 Å². The van der Waals surface area contributed by atoms with Crippen LogP contribution in [0.2, 0.25) is 0 Å². The van der Waals surface area contributed by atoms with Gasteiger partial charge in [-0.2, -0.15) is 0 Å². The summed E-state index contributed by atoms with van der Waals surface area (Å²) in [4.78, 5) is 32.4. The lowest BCUT2D eigenvalue weighted by Crippen LogP contribution is -2.40. The summed E-state index contributed by atoms with van der Waals surface area (Å²) in [5.74, 6) is 0.710. The third kappa shape index (κ3) is 5.69. The van der Waals surface area contributed by atoms with E-state index in [4.69, 9.17) is 14.2 Å². The quantitative estimate of drug-likeness (QED) is 0.254. The molecular weight excluding hydrogens is 786 g/mol. The number of hydrogen-bond acceptors (Lipinski definition) is 7. The Bertz CT molecular complexity index is 1610. The first kappa shape index (κ1) is 28.3. The van der Waals surface area contributed by atoms with Gasteiger partial charge in [-0.25, -0.2) is 9.79 Å². The monoisotopic (exact) mass is 808 g/mol. The van der Waals surface area contributed by atoms with E-state index in [0.717, 1.165) is 17.2 Å². The zero-order valence-electron chi connectivity index (χ0n) is 20.6. The zero-order valence-corrected chi connectivity index (χ0v) is 27.3. The SMILES string of the molecule is COc1ccc(Br)cc1[C@@H]1C(C(=O)OC(C)C)=C(C)N=c2s/c(=C\c3cc(I)cc(I)c3OC)c(=O)n21. The predicted molar refractivity (Wildman–Crippen MR) is 164 cm³/mol. The maximum atomic E-state index is 14.0. The van der Waals surface area contributed by atoms with Crippen molar-refractivity contribution >= 4 is 84.5 Å². The van der Waals surface area contributed by atoms with Crippen molar-refractivity contribution in [2.75, 3.05) is 14.2 Å². The molecule has 4 rings (SSSR count). The molecule has 0 unspecified atom stereocenters. The van der Waals surface area contributed by atoms with Crippen LogP contribution in [-0.4, -0.2) is 30.9 Å². The minimum absolute atomic E-state index is 0.269. The molecule has 0 N–H and O–H groups in total. The Kier molecular flexibility index (Phi) is 8.86. The number of nitrogens with zero attached hydrogens (tertiary/aromatic N) is 2. The van der Waals surface area contributed by atoms with Gasteiger partial charge in [0.15, 0.2) is 4.80 Å². The molecule has 194 valence electrons. The molecule has 0 bridgehead atoms. The van der Waals surface area contributed by atoms with Crippen LogP contribution in [0.5, 0.6) is 11.5 Å². The smallest absolute Gasteiger partial charge is 0.338 e. The summed E-state index contributed by atoms with van der Waals surface area (Å²) in [7, 11) is 3.17. The molecule has 37 heavy (non-hydrogen) atoms. The van der Waals surface area contributed by atoms with Gasteiger partial charge >= 0.3 is 5.97 Å². The number of fused-ring (bicyclic) bond motifs is 1. The second kappa shape index (κ2) is 11.6. The molecule has 0 fully saturated rings. The van der Waals surface area contributed by atoms with Gasteiger partial charge in [0, 0.05) is 19.2 Å². The molecule has 3 aromatic rings. The van der Waals surface area contributed by atoms with E-state index < -0.39 is 12.0 Å². The molecule has 1 atom stereocenters. The predicted octanol–water partition coefficient (Wildman–Crippen LogP) is 5.18. The summed E-state index contributed by atoms with van der Waals surface area (Å²) in [6.07, 6.45) is 1.48. The van der Waals surface area contributed by atoms with Crippen LogP contribution < -0.4 is 24.4 Å². The Morgan fingerprint density at radius 1 is 1.19 bits per heavy atom. The van der Waals surface area contributed by atoms with E-state index in [1.54, 1.807) is 45.6 Å². The van der Waals surface area contributed by atoms with E-state index in [2.05, 4.69) is 66.1 Å². The number of allylic oxidation sites excluding steroid dienone is 1. The molecule has 2 heterocycles. The van der Waals surface area contributed by atoms with E-state index in [1.165, 1.54) is 11.3 Å². The van der Waals surface area contributed by atoms with Crippen molar-refractivity contribution in [1.29, 1.82) is 0 Å². The Balaban J connectivity index is 2.04. The van der Waals surface area contributed by atoms with E-state index in [9.17, 15) is 9.59 Å². The fourth-order valence-corrected chi connectivity index (χ4v) is 7.64. The molecule has 0 spiro atoms. The van der Waals surface area contributed by atoms with Gasteiger partial charge in [0.1, 0.15) is 17.5 Å². The lowest BCUT2D eigenvalue weighted by atomic mass is 9.95. The number of carbonyl (C=O) groups excluding carboxylic acids is 1. The van der Waals surface area contributed by atoms with Gasteiger partial charge in [-0.05, 0) is 102 Å². The van der Waals surface area contributed by atoms with Gasteiger partial charge in [0.05, 0.1) is 39.7 Å². The van der Waals surface area contributed by atoms with Gasteiger partial charge in [-0.15, -0.1) is 0 Å². The third-order valence-electron chi connectivity index (χ3n) is 5.60. The van der Waals surface area contributed by atoms with Gasteiger partial charge in [0.25, 0.3) is 5.56 Å². The molecule has 0 amide bonds. The van der Waals surface area contributed by atoms with Crippen LogP contribution in [0.15, 0.2) is 55.9 Å². The lowest BCUT2D eigenvalue weighted by Gasteiger charge is -2.26. The van der Waals surface area contributed by atoms with Crippen LogP contribution in [0.4, 0.5) is 0 Å². The number of esters is 1. The van der Waals surface area contributed by atoms with Crippen LogP contribution in [0.1, 0.15) is 37.9 Å². The number of hydrogen-bond donors (Lipinski definition) is 0. The number of thiazole rings is 1. The maximum absolute atomic E-state index is 14.0. The molecule has 0 saturated carbocycles. The van der Waals surface area contributed by atoms with Gasteiger partial charge in [-0.1, -0.05) is 27.3 Å². The number of halogens is 3. The summed E-state index contributed by atoms with van der Waals surface area (Å²) in [6.45, 7) is 5.33. The normalized spacial score (nSPS) is 15.5. The molecule has 1 aromatic heterocycles.